The molecule has 0 unspecified atom stereocenters. The maximum absolute atomic E-state index is 12.9. The lowest BCUT2D eigenvalue weighted by molar-refractivity contribution is -0.138. The minimum absolute atomic E-state index is 0.128. The Bertz CT molecular complexity index is 1000. The minimum Gasteiger partial charge on any atom is -0.491 e. The van der Waals surface area contributed by atoms with Crippen molar-refractivity contribution in [3.8, 4) is 33.8 Å². The average Bonchev–Trinajstić information content (AvgIpc) is 2.80. The van der Waals surface area contributed by atoms with Crippen molar-refractivity contribution in [3.05, 3.63) is 71.8 Å². The van der Waals surface area contributed by atoms with Crippen LogP contribution in [0.25, 0.3) is 22.3 Å². The lowest BCUT2D eigenvalue weighted by atomic mass is 9.96. The normalized spacial score (nSPS) is 12.0. The molecule has 182 valence electrons. The second-order valence-corrected chi connectivity index (χ2v) is 7.14. The fourth-order valence-corrected chi connectivity index (χ4v) is 3.24. The molecule has 34 heavy (non-hydrogen) atoms. The van der Waals surface area contributed by atoms with Crippen LogP contribution >= 0.6 is 0 Å². The van der Waals surface area contributed by atoms with Gasteiger partial charge in [-0.25, -0.2) is 0 Å². The predicted octanol–water partition coefficient (Wildman–Crippen LogP) is 5.80. The van der Waals surface area contributed by atoms with Gasteiger partial charge in [0.05, 0.1) is 24.3 Å². The van der Waals surface area contributed by atoms with Crippen molar-refractivity contribution in [2.24, 2.45) is 0 Å². The fraction of sp³-hybridized carbons (Fsp3) is 0.250. The van der Waals surface area contributed by atoms with Gasteiger partial charge < -0.3 is 19.7 Å². The van der Waals surface area contributed by atoms with Crippen LogP contribution < -0.4 is 9.47 Å². The van der Waals surface area contributed by atoms with E-state index in [1.807, 2.05) is 0 Å². The van der Waals surface area contributed by atoms with E-state index in [9.17, 15) is 26.3 Å². The maximum Gasteiger partial charge on any atom is 0.416 e. The van der Waals surface area contributed by atoms with Gasteiger partial charge in [-0.3, -0.25) is 0 Å². The molecule has 0 aromatic heterocycles. The Morgan fingerprint density at radius 3 is 1.15 bits per heavy atom. The topological polar surface area (TPSA) is 58.9 Å². The maximum atomic E-state index is 12.9. The Morgan fingerprint density at radius 2 is 0.882 bits per heavy atom. The molecule has 0 amide bonds. The highest BCUT2D eigenvalue weighted by atomic mass is 19.4. The lowest BCUT2D eigenvalue weighted by Crippen LogP contribution is -2.07. The van der Waals surface area contributed by atoms with Crippen molar-refractivity contribution in [3.63, 3.8) is 0 Å². The highest BCUT2D eigenvalue weighted by Gasteiger charge is 2.31. The summed E-state index contributed by atoms with van der Waals surface area (Å²) < 4.78 is 88.8. The van der Waals surface area contributed by atoms with Crippen LogP contribution in [0, 0.1) is 0 Å². The van der Waals surface area contributed by atoms with Gasteiger partial charge in [-0.05, 0) is 47.5 Å². The standard InChI is InChI=1S/C24H20F6O4/c25-23(26,27)17-5-1-15(2-6-17)19-13-22(34-12-10-32)20(14-21(19)33-11-9-31)16-3-7-18(8-4-16)24(28,29)30/h1-8,13-14,31-32H,9-12H2. The summed E-state index contributed by atoms with van der Waals surface area (Å²) in [6, 6.07) is 11.6. The van der Waals surface area contributed by atoms with Crippen LogP contribution in [0.2, 0.25) is 0 Å². The summed E-state index contributed by atoms with van der Waals surface area (Å²) in [6.45, 7) is -0.941. The molecule has 0 fully saturated rings. The molecule has 0 saturated heterocycles. The van der Waals surface area contributed by atoms with Gasteiger partial charge in [-0.15, -0.1) is 0 Å². The van der Waals surface area contributed by atoms with Gasteiger partial charge in [0.15, 0.2) is 0 Å². The van der Waals surface area contributed by atoms with E-state index in [0.29, 0.717) is 22.3 Å². The zero-order valence-corrected chi connectivity index (χ0v) is 17.6. The second kappa shape index (κ2) is 10.4. The van der Waals surface area contributed by atoms with E-state index in [0.717, 1.165) is 24.3 Å². The molecule has 3 rings (SSSR count). The van der Waals surface area contributed by atoms with Crippen molar-refractivity contribution in [1.82, 2.24) is 0 Å². The quantitative estimate of drug-likeness (QED) is 0.395. The third-order valence-corrected chi connectivity index (χ3v) is 4.83. The van der Waals surface area contributed by atoms with Crippen molar-refractivity contribution in [2.75, 3.05) is 26.4 Å². The van der Waals surface area contributed by atoms with Crippen LogP contribution in [-0.4, -0.2) is 36.6 Å². The van der Waals surface area contributed by atoms with E-state index in [1.54, 1.807) is 0 Å². The van der Waals surface area contributed by atoms with Gasteiger partial charge in [-0.1, -0.05) is 24.3 Å². The van der Waals surface area contributed by atoms with Crippen molar-refractivity contribution >= 4 is 0 Å². The number of benzene rings is 3. The van der Waals surface area contributed by atoms with Crippen LogP contribution in [0.15, 0.2) is 60.7 Å². The zero-order valence-electron chi connectivity index (χ0n) is 17.6. The van der Waals surface area contributed by atoms with E-state index < -0.39 is 23.5 Å². The molecule has 0 aliphatic heterocycles. The number of rotatable bonds is 8. The average molecular weight is 486 g/mol. The van der Waals surface area contributed by atoms with Crippen LogP contribution in [0.4, 0.5) is 26.3 Å². The van der Waals surface area contributed by atoms with Gasteiger partial charge in [0.2, 0.25) is 0 Å². The summed E-state index contributed by atoms with van der Waals surface area (Å²) in [4.78, 5) is 0. The van der Waals surface area contributed by atoms with Crippen LogP contribution in [-0.2, 0) is 12.4 Å². The van der Waals surface area contributed by atoms with E-state index in [4.69, 9.17) is 19.7 Å². The summed E-state index contributed by atoms with van der Waals surface area (Å²) in [5.41, 5.74) is -0.293. The highest BCUT2D eigenvalue weighted by molar-refractivity contribution is 5.81. The number of hydrogen-bond acceptors (Lipinski definition) is 4. The van der Waals surface area contributed by atoms with Crippen LogP contribution in [0.1, 0.15) is 11.1 Å². The Labute approximate surface area is 191 Å². The number of halogens is 6. The van der Waals surface area contributed by atoms with Crippen molar-refractivity contribution < 1.29 is 46.0 Å². The smallest absolute Gasteiger partial charge is 0.416 e. The number of hydrogen-bond donors (Lipinski definition) is 2. The monoisotopic (exact) mass is 486 g/mol. The van der Waals surface area contributed by atoms with Crippen molar-refractivity contribution in [2.45, 2.75) is 12.4 Å². The first-order chi connectivity index (χ1) is 16.0. The molecule has 0 bridgehead atoms. The van der Waals surface area contributed by atoms with E-state index in [2.05, 4.69) is 0 Å². The molecule has 3 aromatic carbocycles. The Morgan fingerprint density at radius 1 is 0.559 bits per heavy atom. The second-order valence-electron chi connectivity index (χ2n) is 7.14. The van der Waals surface area contributed by atoms with Crippen LogP contribution in [0.5, 0.6) is 11.5 Å². The Balaban J connectivity index is 2.13. The summed E-state index contributed by atoms with van der Waals surface area (Å²) >= 11 is 0. The molecule has 3 aromatic rings. The van der Waals surface area contributed by atoms with Gasteiger partial charge in [0, 0.05) is 11.1 Å². The number of ether oxygens (including phenoxy) is 2. The molecule has 0 heterocycles. The third-order valence-electron chi connectivity index (χ3n) is 4.83. The molecule has 10 heteroatoms. The van der Waals surface area contributed by atoms with Gasteiger partial charge in [0.25, 0.3) is 0 Å². The van der Waals surface area contributed by atoms with Gasteiger partial charge >= 0.3 is 12.4 Å². The molecule has 0 aliphatic carbocycles. The third kappa shape index (κ3) is 6.00. The molecule has 0 saturated carbocycles. The molecule has 0 aliphatic rings. The predicted molar refractivity (Wildman–Crippen MR) is 112 cm³/mol. The summed E-state index contributed by atoms with van der Waals surface area (Å²) in [7, 11) is 0. The summed E-state index contributed by atoms with van der Waals surface area (Å²) in [5.74, 6) is 0.361. The molecular formula is C24H20F6O4. The summed E-state index contributed by atoms with van der Waals surface area (Å²) in [6.07, 6.45) is -9.03. The lowest BCUT2D eigenvalue weighted by Gasteiger charge is -2.18. The van der Waals surface area contributed by atoms with Crippen LogP contribution in [0.3, 0.4) is 0 Å². The highest BCUT2D eigenvalue weighted by Crippen LogP contribution is 2.42. The Kier molecular flexibility index (Phi) is 7.73. The number of aliphatic hydroxyl groups is 2. The van der Waals surface area contributed by atoms with Crippen molar-refractivity contribution in [1.29, 1.82) is 0 Å². The largest absolute Gasteiger partial charge is 0.491 e. The van der Waals surface area contributed by atoms with E-state index >= 15 is 0 Å². The molecular weight excluding hydrogens is 466 g/mol. The van der Waals surface area contributed by atoms with E-state index in [-0.39, 0.29) is 37.9 Å². The number of alkyl halides is 6. The van der Waals surface area contributed by atoms with Gasteiger partial charge in [0.1, 0.15) is 24.7 Å². The summed E-state index contributed by atoms with van der Waals surface area (Å²) in [5, 5.41) is 18.3. The fourth-order valence-electron chi connectivity index (χ4n) is 3.24. The zero-order chi connectivity index (χ0) is 24.9. The first-order valence-corrected chi connectivity index (χ1v) is 10.0. The molecule has 2 N–H and O–H groups in total. The molecule has 0 radical (unpaired) electrons. The Hall–Kier alpha value is -3.24. The SMILES string of the molecule is OCCOc1cc(-c2ccc(C(F)(F)F)cc2)c(OCCO)cc1-c1ccc(C(F)(F)F)cc1. The minimum atomic E-state index is -4.52. The number of aliphatic hydroxyl groups excluding tert-OH is 2. The molecule has 4 nitrogen and oxygen atoms in total. The van der Waals surface area contributed by atoms with Gasteiger partial charge in [-0.2, -0.15) is 26.3 Å². The molecule has 0 spiro atoms. The first-order valence-electron chi connectivity index (χ1n) is 10.0. The van der Waals surface area contributed by atoms with E-state index in [1.165, 1.54) is 36.4 Å². The first kappa shape index (κ1) is 25.4. The molecule has 0 atom stereocenters.